The van der Waals surface area contributed by atoms with Crippen LogP contribution in [0.25, 0.3) is 11.5 Å². The highest BCUT2D eigenvalue weighted by atomic mass is 16.5. The van der Waals surface area contributed by atoms with Gasteiger partial charge in [-0.2, -0.15) is 0 Å². The van der Waals surface area contributed by atoms with E-state index >= 15 is 0 Å². The molecule has 1 N–H and O–H groups in total. The number of anilines is 1. The lowest BCUT2D eigenvalue weighted by molar-refractivity contribution is -0.115. The molecule has 0 spiro atoms. The highest BCUT2D eigenvalue weighted by molar-refractivity contribution is 5.93. The number of aromatic nitrogens is 1. The fourth-order valence-electron chi connectivity index (χ4n) is 2.72. The Hall–Kier alpha value is -3.28. The van der Waals surface area contributed by atoms with E-state index in [1.54, 1.807) is 21.1 Å². The molecule has 1 aromatic heterocycles. The van der Waals surface area contributed by atoms with Gasteiger partial charge in [-0.15, -0.1) is 0 Å². The van der Waals surface area contributed by atoms with Gasteiger partial charge in [-0.3, -0.25) is 4.79 Å². The van der Waals surface area contributed by atoms with Crippen LogP contribution in [0, 0.1) is 13.8 Å². The van der Waals surface area contributed by atoms with Gasteiger partial charge in [0.1, 0.15) is 17.3 Å². The molecule has 6 heteroatoms. The molecule has 0 fully saturated rings. The van der Waals surface area contributed by atoms with Crippen molar-refractivity contribution >= 4 is 11.6 Å². The minimum absolute atomic E-state index is 0.114. The molecule has 3 rings (SSSR count). The third-order valence-electron chi connectivity index (χ3n) is 4.19. The monoisotopic (exact) mass is 366 g/mol. The van der Waals surface area contributed by atoms with Gasteiger partial charge in [-0.25, -0.2) is 4.98 Å². The Labute approximate surface area is 158 Å². The number of rotatable bonds is 6. The molecule has 3 aromatic rings. The van der Waals surface area contributed by atoms with Crippen LogP contribution < -0.4 is 14.8 Å². The van der Waals surface area contributed by atoms with Crippen LogP contribution in [0.4, 0.5) is 5.69 Å². The summed E-state index contributed by atoms with van der Waals surface area (Å²) in [6, 6.07) is 13.0. The number of benzene rings is 2. The number of nitrogens with zero attached hydrogens (tertiary/aromatic N) is 1. The van der Waals surface area contributed by atoms with Crippen molar-refractivity contribution in [3.05, 3.63) is 59.5 Å². The molecule has 6 nitrogen and oxygen atoms in total. The lowest BCUT2D eigenvalue weighted by Gasteiger charge is -2.10. The summed E-state index contributed by atoms with van der Waals surface area (Å²) in [5, 5.41) is 2.88. The van der Waals surface area contributed by atoms with Gasteiger partial charge in [0.25, 0.3) is 0 Å². The van der Waals surface area contributed by atoms with E-state index in [4.69, 9.17) is 13.9 Å². The van der Waals surface area contributed by atoms with Gasteiger partial charge in [0.2, 0.25) is 11.8 Å². The van der Waals surface area contributed by atoms with Gasteiger partial charge in [-0.05, 0) is 55.8 Å². The Morgan fingerprint density at radius 1 is 1.07 bits per heavy atom. The average molecular weight is 366 g/mol. The molecule has 140 valence electrons. The second-order valence-electron chi connectivity index (χ2n) is 6.18. The number of hydrogen-bond donors (Lipinski definition) is 1. The van der Waals surface area contributed by atoms with Crippen molar-refractivity contribution in [3.8, 4) is 23.0 Å². The van der Waals surface area contributed by atoms with E-state index in [-0.39, 0.29) is 12.3 Å². The molecule has 0 aliphatic heterocycles. The molecule has 1 amide bonds. The lowest BCUT2D eigenvalue weighted by Crippen LogP contribution is -2.15. The fourth-order valence-corrected chi connectivity index (χ4v) is 2.72. The summed E-state index contributed by atoms with van der Waals surface area (Å²) in [5.74, 6) is 2.29. The molecule has 0 bridgehead atoms. The SMILES string of the molecule is COc1ccc(-c2nc(CC(=O)Nc3cc(C)ccc3OC)c(C)o2)cc1. The van der Waals surface area contributed by atoms with Crippen molar-refractivity contribution in [2.75, 3.05) is 19.5 Å². The average Bonchev–Trinajstić information content (AvgIpc) is 3.02. The second-order valence-corrected chi connectivity index (χ2v) is 6.18. The van der Waals surface area contributed by atoms with Crippen LogP contribution in [0.5, 0.6) is 11.5 Å². The van der Waals surface area contributed by atoms with Gasteiger partial charge >= 0.3 is 0 Å². The number of methoxy groups -OCH3 is 2. The summed E-state index contributed by atoms with van der Waals surface area (Å²) in [7, 11) is 3.19. The molecule has 0 saturated heterocycles. The number of ether oxygens (including phenoxy) is 2. The zero-order valence-corrected chi connectivity index (χ0v) is 15.8. The first kappa shape index (κ1) is 18.5. The molecule has 0 saturated carbocycles. The summed E-state index contributed by atoms with van der Waals surface area (Å²) in [6.45, 7) is 3.76. The van der Waals surface area contributed by atoms with E-state index in [0.29, 0.717) is 28.8 Å². The summed E-state index contributed by atoms with van der Waals surface area (Å²) in [6.07, 6.45) is 0.114. The van der Waals surface area contributed by atoms with Crippen molar-refractivity contribution in [2.45, 2.75) is 20.3 Å². The number of oxazole rings is 1. The van der Waals surface area contributed by atoms with Crippen LogP contribution in [0.2, 0.25) is 0 Å². The van der Waals surface area contributed by atoms with Gasteiger partial charge in [0, 0.05) is 5.56 Å². The molecular weight excluding hydrogens is 344 g/mol. The Balaban J connectivity index is 1.75. The first-order valence-electron chi connectivity index (χ1n) is 8.55. The molecule has 0 atom stereocenters. The summed E-state index contributed by atoms with van der Waals surface area (Å²) in [5.41, 5.74) is 3.10. The minimum Gasteiger partial charge on any atom is -0.497 e. The van der Waals surface area contributed by atoms with E-state index in [9.17, 15) is 4.79 Å². The largest absolute Gasteiger partial charge is 0.497 e. The highest BCUT2D eigenvalue weighted by Crippen LogP contribution is 2.27. The van der Waals surface area contributed by atoms with Crippen LogP contribution in [-0.4, -0.2) is 25.1 Å². The topological polar surface area (TPSA) is 73.6 Å². The Morgan fingerprint density at radius 3 is 2.48 bits per heavy atom. The van der Waals surface area contributed by atoms with Crippen LogP contribution in [0.15, 0.2) is 46.9 Å². The van der Waals surface area contributed by atoms with Crippen LogP contribution in [0.3, 0.4) is 0 Å². The molecule has 27 heavy (non-hydrogen) atoms. The van der Waals surface area contributed by atoms with Crippen molar-refractivity contribution in [2.24, 2.45) is 0 Å². The van der Waals surface area contributed by atoms with Gasteiger partial charge < -0.3 is 19.2 Å². The lowest BCUT2D eigenvalue weighted by atomic mass is 10.2. The molecule has 0 aliphatic rings. The number of hydrogen-bond acceptors (Lipinski definition) is 5. The molecule has 0 unspecified atom stereocenters. The van der Waals surface area contributed by atoms with Gasteiger partial charge in [0.15, 0.2) is 0 Å². The van der Waals surface area contributed by atoms with Crippen LogP contribution in [-0.2, 0) is 11.2 Å². The van der Waals surface area contributed by atoms with Crippen LogP contribution >= 0.6 is 0 Å². The maximum atomic E-state index is 12.5. The Kier molecular flexibility index (Phi) is 5.45. The minimum atomic E-state index is -0.184. The first-order chi connectivity index (χ1) is 13.0. The smallest absolute Gasteiger partial charge is 0.230 e. The molecule has 1 heterocycles. The third kappa shape index (κ3) is 4.28. The fraction of sp³-hybridized carbons (Fsp3) is 0.238. The van der Waals surface area contributed by atoms with Crippen molar-refractivity contribution in [1.29, 1.82) is 0 Å². The highest BCUT2D eigenvalue weighted by Gasteiger charge is 2.16. The molecular formula is C21H22N2O4. The van der Waals surface area contributed by atoms with E-state index in [2.05, 4.69) is 10.3 Å². The van der Waals surface area contributed by atoms with Gasteiger partial charge in [0.05, 0.1) is 32.0 Å². The molecule has 2 aromatic carbocycles. The predicted molar refractivity (Wildman–Crippen MR) is 103 cm³/mol. The van der Waals surface area contributed by atoms with Crippen molar-refractivity contribution in [1.82, 2.24) is 4.98 Å². The number of carbonyl (C=O) groups excluding carboxylic acids is 1. The van der Waals surface area contributed by atoms with Crippen molar-refractivity contribution in [3.63, 3.8) is 0 Å². The second kappa shape index (κ2) is 7.95. The first-order valence-corrected chi connectivity index (χ1v) is 8.55. The molecule has 0 radical (unpaired) electrons. The van der Waals surface area contributed by atoms with E-state index < -0.39 is 0 Å². The zero-order valence-electron chi connectivity index (χ0n) is 15.8. The summed E-state index contributed by atoms with van der Waals surface area (Å²) < 4.78 is 16.2. The predicted octanol–water partition coefficient (Wildman–Crippen LogP) is 4.16. The van der Waals surface area contributed by atoms with E-state index in [1.165, 1.54) is 0 Å². The quantitative estimate of drug-likeness (QED) is 0.709. The summed E-state index contributed by atoms with van der Waals surface area (Å²) >= 11 is 0. The van der Waals surface area contributed by atoms with E-state index in [1.807, 2.05) is 49.4 Å². The number of amides is 1. The van der Waals surface area contributed by atoms with E-state index in [0.717, 1.165) is 16.9 Å². The van der Waals surface area contributed by atoms with Crippen molar-refractivity contribution < 1.29 is 18.7 Å². The van der Waals surface area contributed by atoms with Crippen LogP contribution in [0.1, 0.15) is 17.0 Å². The normalized spacial score (nSPS) is 10.5. The third-order valence-corrected chi connectivity index (χ3v) is 4.19. The zero-order chi connectivity index (χ0) is 19.4. The standard InChI is InChI=1S/C21H22N2O4/c1-13-5-10-19(26-4)18(11-13)22-20(24)12-17-14(2)27-21(23-17)15-6-8-16(25-3)9-7-15/h5-11H,12H2,1-4H3,(H,22,24). The molecule has 0 aliphatic carbocycles. The number of nitrogens with one attached hydrogen (secondary N) is 1. The summed E-state index contributed by atoms with van der Waals surface area (Å²) in [4.78, 5) is 17.0. The number of carbonyl (C=O) groups is 1. The maximum absolute atomic E-state index is 12.5. The number of aryl methyl sites for hydroxylation is 2. The Morgan fingerprint density at radius 2 is 1.81 bits per heavy atom. The maximum Gasteiger partial charge on any atom is 0.230 e. The van der Waals surface area contributed by atoms with Gasteiger partial charge in [-0.1, -0.05) is 6.07 Å². The Bertz CT molecular complexity index is 945.